The highest BCUT2D eigenvalue weighted by atomic mass is 19.4. The molecule has 5 nitrogen and oxygen atoms in total. The lowest BCUT2D eigenvalue weighted by Gasteiger charge is -2.42. The zero-order chi connectivity index (χ0) is 26.1. The predicted octanol–water partition coefficient (Wildman–Crippen LogP) is 6.32. The van der Waals surface area contributed by atoms with Crippen molar-refractivity contribution in [2.75, 3.05) is 13.2 Å². The number of aliphatic hydroxyl groups excluding tert-OH is 1. The first kappa shape index (κ1) is 26.9. The Morgan fingerprint density at radius 1 is 0.971 bits per heavy atom. The fourth-order valence-electron chi connectivity index (χ4n) is 4.49. The lowest BCUT2D eigenvalue weighted by molar-refractivity contribution is -0.579. The van der Waals surface area contributed by atoms with E-state index in [9.17, 15) is 41.6 Å². The first-order chi connectivity index (χ1) is 16.2. The van der Waals surface area contributed by atoms with Gasteiger partial charge in [-0.25, -0.2) is 0 Å². The van der Waals surface area contributed by atoms with Gasteiger partial charge in [-0.2, -0.15) is 26.3 Å². The number of nitro groups is 1. The van der Waals surface area contributed by atoms with Crippen LogP contribution in [0.25, 0.3) is 0 Å². The maximum Gasteiger partial charge on any atom is 0.416 e. The molecule has 1 aliphatic rings. The Morgan fingerprint density at radius 2 is 1.49 bits per heavy atom. The van der Waals surface area contributed by atoms with Crippen molar-refractivity contribution in [3.05, 3.63) is 80.9 Å². The highest BCUT2D eigenvalue weighted by Gasteiger charge is 2.51. The number of rotatable bonds is 7. The maximum atomic E-state index is 13.2. The average molecular weight is 505 g/mol. The van der Waals surface area contributed by atoms with E-state index in [2.05, 4.69) is 0 Å². The van der Waals surface area contributed by atoms with Crippen LogP contribution in [0, 0.1) is 10.1 Å². The van der Waals surface area contributed by atoms with Crippen molar-refractivity contribution in [1.82, 2.24) is 0 Å². The van der Waals surface area contributed by atoms with Gasteiger partial charge in [-0.1, -0.05) is 30.3 Å². The van der Waals surface area contributed by atoms with Crippen molar-refractivity contribution in [2.24, 2.45) is 0 Å². The molecular formula is C24H25F6NO4. The van der Waals surface area contributed by atoms with Crippen LogP contribution in [-0.2, 0) is 22.5 Å². The van der Waals surface area contributed by atoms with Crippen LogP contribution < -0.4 is 0 Å². The van der Waals surface area contributed by atoms with E-state index < -0.39 is 52.1 Å². The van der Waals surface area contributed by atoms with Crippen LogP contribution in [0.1, 0.15) is 61.0 Å². The number of ether oxygens (including phenoxy) is 1. The largest absolute Gasteiger partial charge is 0.416 e. The van der Waals surface area contributed by atoms with Gasteiger partial charge in [0.15, 0.2) is 0 Å². The number of alkyl halides is 6. The summed E-state index contributed by atoms with van der Waals surface area (Å²) in [5.41, 5.74) is -4.58. The molecule has 1 N–H and O–H groups in total. The van der Waals surface area contributed by atoms with Crippen LogP contribution >= 0.6 is 0 Å². The third-order valence-corrected chi connectivity index (χ3v) is 6.89. The van der Waals surface area contributed by atoms with Crippen molar-refractivity contribution in [3.63, 3.8) is 0 Å². The Morgan fingerprint density at radius 3 is 1.91 bits per heavy atom. The third-order valence-electron chi connectivity index (χ3n) is 6.89. The molecule has 1 aliphatic carbocycles. The van der Waals surface area contributed by atoms with Gasteiger partial charge in [0.25, 0.3) is 0 Å². The molecule has 0 aliphatic heterocycles. The van der Waals surface area contributed by atoms with Gasteiger partial charge in [-0.3, -0.25) is 10.1 Å². The van der Waals surface area contributed by atoms with Gasteiger partial charge in [0.1, 0.15) is 6.61 Å². The number of halogens is 6. The summed E-state index contributed by atoms with van der Waals surface area (Å²) in [6.45, 7) is 0.661. The lowest BCUT2D eigenvalue weighted by atomic mass is 9.65. The van der Waals surface area contributed by atoms with E-state index in [-0.39, 0.29) is 43.9 Å². The fourth-order valence-corrected chi connectivity index (χ4v) is 4.49. The van der Waals surface area contributed by atoms with E-state index in [1.807, 2.05) is 0 Å². The molecule has 2 aromatic rings. The number of aliphatic hydroxyl groups is 1. The number of benzene rings is 2. The smallest absolute Gasteiger partial charge is 0.389 e. The van der Waals surface area contributed by atoms with Crippen molar-refractivity contribution in [1.29, 1.82) is 0 Å². The number of hydrogen-bond donors (Lipinski definition) is 1. The maximum absolute atomic E-state index is 13.2. The molecule has 1 fully saturated rings. The summed E-state index contributed by atoms with van der Waals surface area (Å²) in [5.74, 6) is 0. The standard InChI is InChI=1S/C24H25F6NO4/c1-16(17-11-19(23(25,26)27)13-20(12-17)24(28,29)30)35-15-21(18-5-3-2-4-6-18)7-9-22(14-32,10-8-21)31(33)34/h2-6,11-13,16,32H,7-10,14-15H2,1H3/t16-,21-,22+/m1/s1. The van der Waals surface area contributed by atoms with Crippen LogP contribution in [0.15, 0.2) is 48.5 Å². The lowest BCUT2D eigenvalue weighted by Crippen LogP contribution is -2.50. The molecular weight excluding hydrogens is 480 g/mol. The summed E-state index contributed by atoms with van der Waals surface area (Å²) in [5, 5.41) is 21.2. The average Bonchev–Trinajstić information content (AvgIpc) is 2.82. The van der Waals surface area contributed by atoms with Crippen LogP contribution in [0.3, 0.4) is 0 Å². The Kier molecular flexibility index (Phi) is 7.52. The fraction of sp³-hybridized carbons (Fsp3) is 0.500. The third kappa shape index (κ3) is 5.78. The molecule has 35 heavy (non-hydrogen) atoms. The second kappa shape index (κ2) is 9.77. The minimum Gasteiger partial charge on any atom is -0.389 e. The summed E-state index contributed by atoms with van der Waals surface area (Å²) in [4.78, 5) is 11.1. The summed E-state index contributed by atoms with van der Waals surface area (Å²) in [7, 11) is 0. The van der Waals surface area contributed by atoms with Gasteiger partial charge >= 0.3 is 12.4 Å². The molecule has 192 valence electrons. The Labute approximate surface area is 197 Å². The van der Waals surface area contributed by atoms with Crippen molar-refractivity contribution < 1.29 is 41.1 Å². The molecule has 0 spiro atoms. The van der Waals surface area contributed by atoms with Gasteiger partial charge in [-0.05, 0) is 49.1 Å². The number of hydrogen-bond acceptors (Lipinski definition) is 4. The van der Waals surface area contributed by atoms with E-state index >= 15 is 0 Å². The highest BCUT2D eigenvalue weighted by molar-refractivity contribution is 5.35. The molecule has 0 amide bonds. The second-order valence-corrected chi connectivity index (χ2v) is 9.08. The molecule has 11 heteroatoms. The normalized spacial score (nSPS) is 24.2. The number of nitrogens with zero attached hydrogens (tertiary/aromatic N) is 1. The van der Waals surface area contributed by atoms with Crippen molar-refractivity contribution in [2.45, 2.75) is 62.0 Å². The molecule has 0 saturated heterocycles. The Hall–Kier alpha value is -2.66. The molecule has 1 saturated carbocycles. The highest BCUT2D eigenvalue weighted by Crippen LogP contribution is 2.45. The van der Waals surface area contributed by atoms with Gasteiger partial charge in [0.05, 0.1) is 23.8 Å². The SMILES string of the molecule is C[C@@H](OC[C@]1(c2ccccc2)CC[C@@](CO)([N+](=O)[O-])CC1)c1cc(C(F)(F)F)cc(C(F)(F)F)c1. The van der Waals surface area contributed by atoms with Gasteiger partial charge in [0.2, 0.25) is 5.54 Å². The minimum atomic E-state index is -4.97. The zero-order valence-corrected chi connectivity index (χ0v) is 18.8. The van der Waals surface area contributed by atoms with Crippen LogP contribution in [0.2, 0.25) is 0 Å². The predicted molar refractivity (Wildman–Crippen MR) is 114 cm³/mol. The minimum absolute atomic E-state index is 0.0465. The van der Waals surface area contributed by atoms with E-state index in [0.29, 0.717) is 12.1 Å². The van der Waals surface area contributed by atoms with Crippen molar-refractivity contribution in [3.8, 4) is 0 Å². The van der Waals surface area contributed by atoms with E-state index in [1.54, 1.807) is 30.3 Å². The van der Waals surface area contributed by atoms with Crippen LogP contribution in [0.4, 0.5) is 26.3 Å². The van der Waals surface area contributed by atoms with Crippen LogP contribution in [0.5, 0.6) is 0 Å². The van der Waals surface area contributed by atoms with Crippen molar-refractivity contribution >= 4 is 0 Å². The Bertz CT molecular complexity index is 998. The molecule has 2 aromatic carbocycles. The summed E-state index contributed by atoms with van der Waals surface area (Å²) in [6.07, 6.45) is -10.5. The van der Waals surface area contributed by atoms with E-state index in [4.69, 9.17) is 4.74 Å². The molecule has 0 radical (unpaired) electrons. The monoisotopic (exact) mass is 505 g/mol. The van der Waals surface area contributed by atoms with Crippen LogP contribution in [-0.4, -0.2) is 28.8 Å². The summed E-state index contributed by atoms with van der Waals surface area (Å²) in [6, 6.07) is 10.3. The van der Waals surface area contributed by atoms with Gasteiger partial charge in [-0.15, -0.1) is 0 Å². The van der Waals surface area contributed by atoms with Gasteiger partial charge in [0, 0.05) is 23.2 Å². The molecule has 1 atom stereocenters. The topological polar surface area (TPSA) is 72.6 Å². The quantitative estimate of drug-likeness (QED) is 0.272. The van der Waals surface area contributed by atoms with E-state index in [1.165, 1.54) is 6.92 Å². The first-order valence-corrected chi connectivity index (χ1v) is 10.9. The summed E-state index contributed by atoms with van der Waals surface area (Å²) >= 11 is 0. The van der Waals surface area contributed by atoms with E-state index in [0.717, 1.165) is 5.56 Å². The second-order valence-electron chi connectivity index (χ2n) is 9.08. The molecule has 0 heterocycles. The molecule has 0 bridgehead atoms. The summed E-state index contributed by atoms with van der Waals surface area (Å²) < 4.78 is 85.3. The Balaban J connectivity index is 1.89. The molecule has 0 aromatic heterocycles. The van der Waals surface area contributed by atoms with Gasteiger partial charge < -0.3 is 9.84 Å². The first-order valence-electron chi connectivity index (χ1n) is 10.9. The zero-order valence-electron chi connectivity index (χ0n) is 18.8. The molecule has 0 unspecified atom stereocenters. The molecule has 3 rings (SSSR count).